The predicted molar refractivity (Wildman–Crippen MR) is 129 cm³/mol. The molecule has 0 aliphatic carbocycles. The molecular formula is C23H19ClN4O5S. The number of nitrogens with zero attached hydrogens (tertiary/aromatic N) is 3. The summed E-state index contributed by atoms with van der Waals surface area (Å²) < 4.78 is 8.19. The summed E-state index contributed by atoms with van der Waals surface area (Å²) in [5, 5.41) is 16.6. The second-order valence-corrected chi connectivity index (χ2v) is 8.94. The Labute approximate surface area is 202 Å². The van der Waals surface area contributed by atoms with Gasteiger partial charge in [0.2, 0.25) is 0 Å². The largest absolute Gasteiger partial charge is 0.496 e. The number of ether oxygens (including phenoxy) is 1. The van der Waals surface area contributed by atoms with Crippen molar-refractivity contribution < 1.29 is 19.4 Å². The van der Waals surface area contributed by atoms with E-state index in [1.807, 2.05) is 6.07 Å². The number of carboxylic acid groups (broad SMARTS) is 1. The number of hydrogen-bond donors (Lipinski definition) is 2. The molecule has 34 heavy (non-hydrogen) atoms. The van der Waals surface area contributed by atoms with Crippen LogP contribution in [0.1, 0.15) is 15.2 Å². The molecule has 0 aliphatic rings. The highest BCUT2D eigenvalue weighted by Crippen LogP contribution is 2.26. The summed E-state index contributed by atoms with van der Waals surface area (Å²) in [7, 11) is 1.47. The average Bonchev–Trinajstić information content (AvgIpc) is 3.44. The first-order chi connectivity index (χ1) is 16.4. The van der Waals surface area contributed by atoms with Crippen molar-refractivity contribution in [3.63, 3.8) is 0 Å². The van der Waals surface area contributed by atoms with Gasteiger partial charge in [0.1, 0.15) is 23.8 Å². The van der Waals surface area contributed by atoms with E-state index >= 15 is 0 Å². The molecule has 0 unspecified atom stereocenters. The quantitative estimate of drug-likeness (QED) is 0.379. The van der Waals surface area contributed by atoms with E-state index in [2.05, 4.69) is 10.4 Å². The van der Waals surface area contributed by atoms with E-state index in [1.54, 1.807) is 42.5 Å². The first-order valence-electron chi connectivity index (χ1n) is 10.0. The highest BCUT2D eigenvalue weighted by Gasteiger charge is 2.21. The van der Waals surface area contributed by atoms with Crippen LogP contribution in [0.4, 0.5) is 5.82 Å². The number of halogens is 1. The molecule has 0 aliphatic heterocycles. The van der Waals surface area contributed by atoms with Crippen molar-refractivity contribution in [1.82, 2.24) is 14.3 Å². The molecule has 0 spiro atoms. The maximum absolute atomic E-state index is 13.4. The molecule has 0 saturated carbocycles. The molecule has 0 saturated heterocycles. The summed E-state index contributed by atoms with van der Waals surface area (Å²) in [5.41, 5.74) is 0.145. The average molecular weight is 499 g/mol. The maximum atomic E-state index is 13.4. The number of aliphatic carboxylic acids is 1. The van der Waals surface area contributed by atoms with Crippen LogP contribution in [0.3, 0.4) is 0 Å². The molecule has 0 amide bonds. The van der Waals surface area contributed by atoms with Crippen LogP contribution in [0.25, 0.3) is 11.3 Å². The molecular weight excluding hydrogens is 480 g/mol. The topological polar surface area (TPSA) is 115 Å². The highest BCUT2D eigenvalue weighted by molar-refractivity contribution is 7.16. The van der Waals surface area contributed by atoms with Crippen molar-refractivity contribution >= 4 is 40.6 Å². The number of aromatic nitrogens is 3. The number of carbonyl (C=O) groups excluding carboxylic acids is 1. The molecule has 1 aromatic carbocycles. The number of methoxy groups -OCH3 is 1. The molecule has 2 N–H and O–H groups in total. The normalized spacial score (nSPS) is 10.8. The van der Waals surface area contributed by atoms with Gasteiger partial charge in [-0.2, -0.15) is 9.78 Å². The fourth-order valence-electron chi connectivity index (χ4n) is 3.36. The molecule has 0 radical (unpaired) electrons. The zero-order valence-corrected chi connectivity index (χ0v) is 19.5. The van der Waals surface area contributed by atoms with Crippen molar-refractivity contribution in [3.05, 3.63) is 85.9 Å². The number of carbonyl (C=O) groups is 2. The monoisotopic (exact) mass is 498 g/mol. The Morgan fingerprint density at radius 1 is 1.18 bits per heavy atom. The van der Waals surface area contributed by atoms with Gasteiger partial charge in [-0.15, -0.1) is 11.3 Å². The van der Waals surface area contributed by atoms with Gasteiger partial charge in [-0.05, 0) is 36.4 Å². The Morgan fingerprint density at radius 2 is 1.97 bits per heavy atom. The number of nitrogens with one attached hydrogen (secondary N) is 1. The second kappa shape index (κ2) is 9.94. The number of hydrogen-bond acceptors (Lipinski definition) is 7. The van der Waals surface area contributed by atoms with Crippen LogP contribution in [0.2, 0.25) is 4.34 Å². The van der Waals surface area contributed by atoms with Crippen LogP contribution >= 0.6 is 22.9 Å². The Hall–Kier alpha value is -3.89. The Morgan fingerprint density at radius 3 is 2.68 bits per heavy atom. The number of carboxylic acids is 1. The predicted octanol–water partition coefficient (Wildman–Crippen LogP) is 3.82. The molecule has 0 atom stereocenters. The summed E-state index contributed by atoms with van der Waals surface area (Å²) in [4.78, 5) is 38.3. The fourth-order valence-corrected chi connectivity index (χ4v) is 4.38. The molecule has 0 fully saturated rings. The van der Waals surface area contributed by atoms with E-state index in [9.17, 15) is 14.4 Å². The van der Waals surface area contributed by atoms with Crippen molar-refractivity contribution in [2.24, 2.45) is 0 Å². The number of pyridine rings is 1. The molecule has 174 valence electrons. The lowest BCUT2D eigenvalue weighted by atomic mass is 10.2. The Bertz CT molecular complexity index is 1420. The van der Waals surface area contributed by atoms with Gasteiger partial charge in [0.25, 0.3) is 11.5 Å². The van der Waals surface area contributed by atoms with Crippen molar-refractivity contribution in [2.75, 3.05) is 12.4 Å². The van der Waals surface area contributed by atoms with Gasteiger partial charge >= 0.3 is 5.97 Å². The van der Waals surface area contributed by atoms with E-state index in [-0.39, 0.29) is 11.3 Å². The third-order valence-electron chi connectivity index (χ3n) is 4.91. The van der Waals surface area contributed by atoms with Crippen molar-refractivity contribution in [1.29, 1.82) is 0 Å². The minimum atomic E-state index is -1.15. The van der Waals surface area contributed by atoms with Gasteiger partial charge in [-0.25, -0.2) is 0 Å². The Balaban J connectivity index is 1.77. The fraction of sp³-hybridized carbons (Fsp3) is 0.130. The molecule has 11 heteroatoms. The molecule has 9 nitrogen and oxygen atoms in total. The first kappa shape index (κ1) is 23.3. The van der Waals surface area contributed by atoms with E-state index in [0.29, 0.717) is 28.0 Å². The van der Waals surface area contributed by atoms with Crippen LogP contribution in [-0.2, 0) is 17.9 Å². The van der Waals surface area contributed by atoms with Crippen LogP contribution in [0.15, 0.2) is 65.6 Å². The van der Waals surface area contributed by atoms with Crippen LogP contribution in [0.5, 0.6) is 5.75 Å². The minimum absolute atomic E-state index is 0.164. The van der Waals surface area contributed by atoms with E-state index in [1.165, 1.54) is 30.7 Å². The molecule has 4 rings (SSSR count). The lowest BCUT2D eigenvalue weighted by Crippen LogP contribution is -2.24. The lowest BCUT2D eigenvalue weighted by Gasteiger charge is -2.10. The van der Waals surface area contributed by atoms with Crippen molar-refractivity contribution in [3.8, 4) is 17.0 Å². The van der Waals surface area contributed by atoms with E-state index in [0.717, 1.165) is 14.1 Å². The Kier molecular flexibility index (Phi) is 6.80. The summed E-state index contributed by atoms with van der Waals surface area (Å²) >= 11 is 7.41. The number of benzene rings is 1. The van der Waals surface area contributed by atoms with Crippen LogP contribution < -0.4 is 15.6 Å². The molecule has 3 aromatic heterocycles. The van der Waals surface area contributed by atoms with Gasteiger partial charge in [-0.1, -0.05) is 23.7 Å². The maximum Gasteiger partial charge on any atom is 0.323 e. The van der Waals surface area contributed by atoms with Gasteiger partial charge in [0.15, 0.2) is 0 Å². The third kappa shape index (κ3) is 4.87. The summed E-state index contributed by atoms with van der Waals surface area (Å²) in [6.45, 7) is -0.114. The van der Waals surface area contributed by atoms with Gasteiger partial charge in [0.05, 0.1) is 29.1 Å². The molecule has 3 heterocycles. The van der Waals surface area contributed by atoms with Crippen LogP contribution in [-0.4, -0.2) is 38.4 Å². The van der Waals surface area contributed by atoms with Gasteiger partial charge in [0, 0.05) is 17.1 Å². The minimum Gasteiger partial charge on any atom is -0.496 e. The van der Waals surface area contributed by atoms with Crippen molar-refractivity contribution in [2.45, 2.75) is 13.1 Å². The van der Waals surface area contributed by atoms with Gasteiger partial charge in [-0.3, -0.25) is 14.4 Å². The smallest absolute Gasteiger partial charge is 0.323 e. The van der Waals surface area contributed by atoms with Crippen LogP contribution in [0, 0.1) is 0 Å². The highest BCUT2D eigenvalue weighted by atomic mass is 35.5. The summed E-state index contributed by atoms with van der Waals surface area (Å²) in [6, 6.07) is 15.1. The lowest BCUT2D eigenvalue weighted by molar-refractivity contribution is -0.137. The van der Waals surface area contributed by atoms with Gasteiger partial charge < -0.3 is 19.7 Å². The third-order valence-corrected chi connectivity index (χ3v) is 6.14. The number of para-hydroxylation sites is 1. The summed E-state index contributed by atoms with van der Waals surface area (Å²) in [5.74, 6) is -0.877. The SMILES string of the molecule is COc1ccccc1C(=O)n1nc(-c2cccn(CC(=O)O)c2=O)cc1NCc1ccc(Cl)s1. The van der Waals surface area contributed by atoms with E-state index < -0.39 is 24.0 Å². The zero-order valence-electron chi connectivity index (χ0n) is 17.9. The second-order valence-electron chi connectivity index (χ2n) is 7.14. The first-order valence-corrected chi connectivity index (χ1v) is 11.2. The molecule has 0 bridgehead atoms. The van der Waals surface area contributed by atoms with E-state index in [4.69, 9.17) is 21.4 Å². The zero-order chi connectivity index (χ0) is 24.2. The number of rotatable bonds is 8. The number of thiophene rings is 1. The standard InChI is InChI=1S/C23H19ClN4O5S/c1-33-18-7-3-2-5-16(18)23(32)28-20(25-12-14-8-9-19(24)34-14)11-17(26-28)15-6-4-10-27(22(15)31)13-21(29)30/h2-11,25H,12-13H2,1H3,(H,29,30). The summed E-state index contributed by atoms with van der Waals surface area (Å²) in [6.07, 6.45) is 1.39. The molecule has 4 aromatic rings. The number of anilines is 1.